The first kappa shape index (κ1) is 20.3. The standard InChI is InChI=1S/C23H26N8O/c1-14(2)30-22(32)20-13-27-23(28-17-4-3-16-12-25-7-5-15(16)9-17)29-21(20)31(30)19-6-8-26-18(10-19)11-24/h3-4,6,8-10,13-14,25H,5,7,11-12,24H2,1-2H3,(H,27,28,29). The van der Waals surface area contributed by atoms with Gasteiger partial charge in [0.15, 0.2) is 5.65 Å². The molecule has 0 amide bonds. The number of hydrogen-bond acceptors (Lipinski definition) is 7. The fourth-order valence-corrected chi connectivity index (χ4v) is 4.17. The predicted molar refractivity (Wildman–Crippen MR) is 124 cm³/mol. The molecule has 5 rings (SSSR count). The Morgan fingerprint density at radius 3 is 2.88 bits per heavy atom. The van der Waals surface area contributed by atoms with Crippen molar-refractivity contribution in [1.29, 1.82) is 0 Å². The van der Waals surface area contributed by atoms with Gasteiger partial charge in [-0.2, -0.15) is 4.98 Å². The highest BCUT2D eigenvalue weighted by Crippen LogP contribution is 2.23. The van der Waals surface area contributed by atoms with Crippen LogP contribution in [0.2, 0.25) is 0 Å². The van der Waals surface area contributed by atoms with Crippen LogP contribution in [0.1, 0.15) is 36.7 Å². The summed E-state index contributed by atoms with van der Waals surface area (Å²) in [7, 11) is 0. The molecule has 4 aromatic rings. The van der Waals surface area contributed by atoms with Crippen molar-refractivity contribution in [2.45, 2.75) is 39.4 Å². The molecule has 1 aliphatic heterocycles. The lowest BCUT2D eigenvalue weighted by Gasteiger charge is -2.18. The van der Waals surface area contributed by atoms with Crippen LogP contribution in [0, 0.1) is 0 Å². The van der Waals surface area contributed by atoms with Gasteiger partial charge in [-0.05, 0) is 62.2 Å². The second kappa shape index (κ2) is 8.18. The predicted octanol–water partition coefficient (Wildman–Crippen LogP) is 2.41. The molecule has 0 atom stereocenters. The number of benzene rings is 1. The zero-order valence-corrected chi connectivity index (χ0v) is 18.2. The van der Waals surface area contributed by atoms with E-state index >= 15 is 0 Å². The number of anilines is 2. The SMILES string of the molecule is CC(C)n1c(=O)c2cnc(Nc3ccc4c(c3)CCNC4)nc2n1-c1ccnc(CN)c1. The summed E-state index contributed by atoms with van der Waals surface area (Å²) >= 11 is 0. The van der Waals surface area contributed by atoms with Crippen LogP contribution in [0.5, 0.6) is 0 Å². The fraction of sp³-hybridized carbons (Fsp3) is 0.304. The first-order chi connectivity index (χ1) is 15.5. The highest BCUT2D eigenvalue weighted by molar-refractivity contribution is 5.77. The molecule has 1 aliphatic rings. The van der Waals surface area contributed by atoms with Crippen molar-refractivity contribution in [3.63, 3.8) is 0 Å². The van der Waals surface area contributed by atoms with Crippen LogP contribution < -0.4 is 21.9 Å². The zero-order chi connectivity index (χ0) is 22.2. The lowest BCUT2D eigenvalue weighted by Crippen LogP contribution is -2.24. The number of nitrogens with one attached hydrogen (secondary N) is 2. The van der Waals surface area contributed by atoms with E-state index in [9.17, 15) is 4.79 Å². The number of rotatable bonds is 5. The van der Waals surface area contributed by atoms with E-state index in [1.165, 1.54) is 11.1 Å². The topological polar surface area (TPSA) is 116 Å². The molecule has 9 heteroatoms. The molecule has 0 aliphatic carbocycles. The van der Waals surface area contributed by atoms with Crippen LogP contribution in [-0.4, -0.2) is 30.9 Å². The molecule has 0 radical (unpaired) electrons. The van der Waals surface area contributed by atoms with Crippen molar-refractivity contribution in [2.24, 2.45) is 5.73 Å². The molecular formula is C23H26N8O. The highest BCUT2D eigenvalue weighted by Gasteiger charge is 2.20. The van der Waals surface area contributed by atoms with Crippen molar-refractivity contribution in [1.82, 2.24) is 29.6 Å². The molecule has 0 spiro atoms. The van der Waals surface area contributed by atoms with Gasteiger partial charge >= 0.3 is 0 Å². The Bertz CT molecular complexity index is 1350. The molecule has 4 N–H and O–H groups in total. The van der Waals surface area contributed by atoms with E-state index in [0.717, 1.165) is 36.6 Å². The van der Waals surface area contributed by atoms with Gasteiger partial charge < -0.3 is 16.4 Å². The average molecular weight is 431 g/mol. The summed E-state index contributed by atoms with van der Waals surface area (Å²) < 4.78 is 3.51. The van der Waals surface area contributed by atoms with Gasteiger partial charge in [-0.25, -0.2) is 14.3 Å². The molecule has 4 heterocycles. The molecule has 0 bridgehead atoms. The normalized spacial score (nSPS) is 13.5. The first-order valence-electron chi connectivity index (χ1n) is 10.8. The maximum Gasteiger partial charge on any atom is 0.278 e. The second-order valence-electron chi connectivity index (χ2n) is 8.23. The monoisotopic (exact) mass is 430 g/mol. The van der Waals surface area contributed by atoms with E-state index < -0.39 is 0 Å². The minimum Gasteiger partial charge on any atom is -0.325 e. The molecule has 9 nitrogen and oxygen atoms in total. The Balaban J connectivity index is 1.62. The average Bonchev–Trinajstić information content (AvgIpc) is 3.11. The van der Waals surface area contributed by atoms with Gasteiger partial charge in [0.25, 0.3) is 5.56 Å². The number of pyridine rings is 1. The zero-order valence-electron chi connectivity index (χ0n) is 18.2. The maximum absolute atomic E-state index is 13.1. The molecule has 1 aromatic carbocycles. The number of fused-ring (bicyclic) bond motifs is 2. The first-order valence-corrected chi connectivity index (χ1v) is 10.8. The van der Waals surface area contributed by atoms with E-state index in [4.69, 9.17) is 10.7 Å². The third-order valence-corrected chi connectivity index (χ3v) is 5.72. The van der Waals surface area contributed by atoms with Crippen LogP contribution in [0.3, 0.4) is 0 Å². The van der Waals surface area contributed by atoms with E-state index in [1.807, 2.05) is 36.7 Å². The van der Waals surface area contributed by atoms with Gasteiger partial charge in [-0.3, -0.25) is 9.78 Å². The molecule has 0 fully saturated rings. The Kier molecular flexibility index (Phi) is 5.20. The summed E-state index contributed by atoms with van der Waals surface area (Å²) in [5.41, 5.74) is 11.3. The van der Waals surface area contributed by atoms with E-state index in [2.05, 4.69) is 32.7 Å². The Morgan fingerprint density at radius 1 is 1.19 bits per heavy atom. The van der Waals surface area contributed by atoms with Crippen LogP contribution in [0.25, 0.3) is 16.7 Å². The Morgan fingerprint density at radius 2 is 2.06 bits per heavy atom. The maximum atomic E-state index is 13.1. The molecule has 0 saturated heterocycles. The second-order valence-corrected chi connectivity index (χ2v) is 8.23. The van der Waals surface area contributed by atoms with Gasteiger partial charge in [0.05, 0.1) is 11.4 Å². The van der Waals surface area contributed by atoms with Gasteiger partial charge in [0, 0.05) is 37.2 Å². The molecular weight excluding hydrogens is 404 g/mol. The molecule has 164 valence electrons. The summed E-state index contributed by atoms with van der Waals surface area (Å²) in [5.74, 6) is 0.439. The fourth-order valence-electron chi connectivity index (χ4n) is 4.17. The van der Waals surface area contributed by atoms with Crippen LogP contribution in [0.4, 0.5) is 11.6 Å². The molecule has 0 saturated carbocycles. The van der Waals surface area contributed by atoms with E-state index in [-0.39, 0.29) is 11.6 Å². The Labute approximate surface area is 185 Å². The summed E-state index contributed by atoms with van der Waals surface area (Å²) in [6, 6.07) is 9.96. The number of nitrogens with two attached hydrogens (primary N) is 1. The van der Waals surface area contributed by atoms with E-state index in [0.29, 0.717) is 23.5 Å². The van der Waals surface area contributed by atoms with Crippen molar-refractivity contribution in [3.8, 4) is 5.69 Å². The van der Waals surface area contributed by atoms with Crippen molar-refractivity contribution in [3.05, 3.63) is 69.9 Å². The third kappa shape index (κ3) is 3.55. The van der Waals surface area contributed by atoms with Gasteiger partial charge in [0.2, 0.25) is 5.95 Å². The quantitative estimate of drug-likeness (QED) is 0.445. The summed E-state index contributed by atoms with van der Waals surface area (Å²) in [6.07, 6.45) is 4.28. The van der Waals surface area contributed by atoms with Crippen LogP contribution in [-0.2, 0) is 19.5 Å². The van der Waals surface area contributed by atoms with Crippen LogP contribution in [0.15, 0.2) is 47.5 Å². The lowest BCUT2D eigenvalue weighted by atomic mass is 10.0. The van der Waals surface area contributed by atoms with Gasteiger partial charge in [-0.15, -0.1) is 0 Å². The number of aromatic nitrogens is 5. The Hall–Kier alpha value is -3.56. The minimum atomic E-state index is -0.131. The van der Waals surface area contributed by atoms with E-state index in [1.54, 1.807) is 17.1 Å². The van der Waals surface area contributed by atoms with Crippen molar-refractivity contribution < 1.29 is 0 Å². The highest BCUT2D eigenvalue weighted by atomic mass is 16.1. The summed E-state index contributed by atoms with van der Waals surface area (Å²) in [5, 5.41) is 7.16. The third-order valence-electron chi connectivity index (χ3n) is 5.72. The van der Waals surface area contributed by atoms with Crippen molar-refractivity contribution in [2.75, 3.05) is 11.9 Å². The summed E-state index contributed by atoms with van der Waals surface area (Å²) in [6.45, 7) is 6.12. The van der Waals surface area contributed by atoms with Crippen molar-refractivity contribution >= 4 is 22.7 Å². The largest absolute Gasteiger partial charge is 0.325 e. The lowest BCUT2D eigenvalue weighted by molar-refractivity contribution is 0.475. The number of nitrogens with zero attached hydrogens (tertiary/aromatic N) is 5. The minimum absolute atomic E-state index is 0.0724. The molecule has 32 heavy (non-hydrogen) atoms. The molecule has 0 unspecified atom stereocenters. The molecule has 3 aromatic heterocycles. The van der Waals surface area contributed by atoms with Crippen LogP contribution >= 0.6 is 0 Å². The van der Waals surface area contributed by atoms with Gasteiger partial charge in [0.1, 0.15) is 5.39 Å². The summed E-state index contributed by atoms with van der Waals surface area (Å²) in [4.78, 5) is 26.6. The van der Waals surface area contributed by atoms with Gasteiger partial charge in [-0.1, -0.05) is 6.07 Å². The number of hydrogen-bond donors (Lipinski definition) is 3. The smallest absolute Gasteiger partial charge is 0.278 e.